The lowest BCUT2D eigenvalue weighted by molar-refractivity contribution is -0.384. The van der Waals surface area contributed by atoms with E-state index in [-0.39, 0.29) is 16.7 Å². The van der Waals surface area contributed by atoms with E-state index in [2.05, 4.69) is 5.32 Å². The van der Waals surface area contributed by atoms with Crippen LogP contribution in [-0.4, -0.2) is 47.2 Å². The van der Waals surface area contributed by atoms with Gasteiger partial charge in [-0.25, -0.2) is 4.79 Å². The van der Waals surface area contributed by atoms with E-state index in [0.717, 1.165) is 57.3 Å². The van der Waals surface area contributed by atoms with Crippen molar-refractivity contribution in [3.8, 4) is 0 Å². The number of hydrogen-bond donors (Lipinski definition) is 1. The minimum Gasteiger partial charge on any atom is -0.444 e. The van der Waals surface area contributed by atoms with Crippen LogP contribution in [0.3, 0.4) is 0 Å². The molecule has 0 saturated carbocycles. The summed E-state index contributed by atoms with van der Waals surface area (Å²) in [5, 5.41) is 14.7. The first kappa shape index (κ1) is 20.6. The number of fused-ring (bicyclic) bond motifs is 1. The highest BCUT2D eigenvalue weighted by molar-refractivity contribution is 5.68. The summed E-state index contributed by atoms with van der Waals surface area (Å²) in [5.74, 6) is 0.546. The second-order valence-electron chi connectivity index (χ2n) is 8.97. The van der Waals surface area contributed by atoms with Crippen molar-refractivity contribution in [3.05, 3.63) is 39.4 Å². The van der Waals surface area contributed by atoms with Crippen LogP contribution in [0.5, 0.6) is 0 Å². The van der Waals surface area contributed by atoms with Crippen LogP contribution in [0.1, 0.15) is 51.2 Å². The zero-order chi connectivity index (χ0) is 20.3. The molecule has 1 aromatic rings. The molecule has 0 bridgehead atoms. The summed E-state index contributed by atoms with van der Waals surface area (Å²) in [7, 11) is 0. The molecule has 3 rings (SSSR count). The first-order chi connectivity index (χ1) is 13.2. The second-order valence-corrected chi connectivity index (χ2v) is 8.97. The molecule has 1 atom stereocenters. The molecule has 1 unspecified atom stereocenters. The van der Waals surface area contributed by atoms with E-state index in [4.69, 9.17) is 4.74 Å². The maximum Gasteiger partial charge on any atom is 0.410 e. The number of likely N-dealkylation sites (tertiary alicyclic amines) is 1. The van der Waals surface area contributed by atoms with E-state index in [1.165, 1.54) is 5.56 Å². The molecule has 154 valence electrons. The Morgan fingerprint density at radius 2 is 1.96 bits per heavy atom. The number of carbonyl (C=O) groups excluding carboxylic acids is 1. The summed E-state index contributed by atoms with van der Waals surface area (Å²) in [6.45, 7) is 8.06. The van der Waals surface area contributed by atoms with Gasteiger partial charge in [0, 0.05) is 31.3 Å². The molecule has 7 nitrogen and oxygen atoms in total. The van der Waals surface area contributed by atoms with Gasteiger partial charge in [-0.2, -0.15) is 0 Å². The Labute approximate surface area is 166 Å². The maximum absolute atomic E-state index is 12.2. The number of carbonyl (C=O) groups is 1. The van der Waals surface area contributed by atoms with Gasteiger partial charge in [0.25, 0.3) is 5.69 Å². The molecule has 1 fully saturated rings. The number of non-ortho nitro benzene ring substituents is 1. The Bertz CT molecular complexity index is 721. The van der Waals surface area contributed by atoms with Crippen molar-refractivity contribution in [1.82, 2.24) is 10.2 Å². The molecule has 1 aromatic carbocycles. The largest absolute Gasteiger partial charge is 0.444 e. The highest BCUT2D eigenvalue weighted by Gasteiger charge is 2.27. The summed E-state index contributed by atoms with van der Waals surface area (Å²) in [5.41, 5.74) is 2.04. The molecule has 0 aromatic heterocycles. The Hall–Kier alpha value is -2.15. The first-order valence-electron chi connectivity index (χ1n) is 10.2. The van der Waals surface area contributed by atoms with Crippen molar-refractivity contribution < 1.29 is 14.5 Å². The third-order valence-electron chi connectivity index (χ3n) is 5.59. The predicted molar refractivity (Wildman–Crippen MR) is 107 cm³/mol. The van der Waals surface area contributed by atoms with Gasteiger partial charge in [0.1, 0.15) is 5.60 Å². The molecular weight excluding hydrogens is 358 g/mol. The fraction of sp³-hybridized carbons (Fsp3) is 0.667. The average molecular weight is 389 g/mol. The molecule has 7 heteroatoms. The van der Waals surface area contributed by atoms with E-state index >= 15 is 0 Å². The number of nitro benzene ring substituents is 1. The van der Waals surface area contributed by atoms with Crippen LogP contribution in [0.25, 0.3) is 0 Å². The third-order valence-corrected chi connectivity index (χ3v) is 5.59. The number of hydrogen-bond acceptors (Lipinski definition) is 5. The highest BCUT2D eigenvalue weighted by Crippen LogP contribution is 2.26. The van der Waals surface area contributed by atoms with Crippen LogP contribution in [-0.2, 0) is 17.6 Å². The van der Waals surface area contributed by atoms with Crippen LogP contribution < -0.4 is 5.32 Å². The lowest BCUT2D eigenvalue weighted by atomic mass is 9.87. The second kappa shape index (κ2) is 8.47. The molecule has 1 aliphatic heterocycles. The number of piperidine rings is 1. The number of nitrogens with one attached hydrogen (secondary N) is 1. The molecule has 0 radical (unpaired) electrons. The van der Waals surface area contributed by atoms with Gasteiger partial charge in [-0.05, 0) is 76.5 Å². The topological polar surface area (TPSA) is 84.7 Å². The molecular formula is C21H31N3O4. The normalized spacial score (nSPS) is 20.5. The summed E-state index contributed by atoms with van der Waals surface area (Å²) in [4.78, 5) is 24.6. The number of benzene rings is 1. The number of nitrogens with zero attached hydrogens (tertiary/aromatic N) is 2. The van der Waals surface area contributed by atoms with Crippen molar-refractivity contribution in [3.63, 3.8) is 0 Å². The molecule has 28 heavy (non-hydrogen) atoms. The number of ether oxygens (including phenoxy) is 1. The molecule has 1 saturated heterocycles. The summed E-state index contributed by atoms with van der Waals surface area (Å²) in [6.07, 6.45) is 4.59. The van der Waals surface area contributed by atoms with Crippen molar-refractivity contribution in [2.75, 3.05) is 19.6 Å². The van der Waals surface area contributed by atoms with Crippen molar-refractivity contribution in [1.29, 1.82) is 0 Å². The molecule has 0 spiro atoms. The summed E-state index contributed by atoms with van der Waals surface area (Å²) >= 11 is 0. The fourth-order valence-corrected chi connectivity index (χ4v) is 4.01. The SMILES string of the molecule is CC(C)(C)OC(=O)N1CCC(CNC2CCc3ccc([N+](=O)[O-])cc3C2)CC1. The zero-order valence-corrected chi connectivity index (χ0v) is 17.1. The highest BCUT2D eigenvalue weighted by atomic mass is 16.6. The molecule has 1 amide bonds. The van der Waals surface area contributed by atoms with Gasteiger partial charge in [-0.3, -0.25) is 10.1 Å². The molecule has 1 N–H and O–H groups in total. The van der Waals surface area contributed by atoms with Crippen molar-refractivity contribution in [2.24, 2.45) is 5.92 Å². The van der Waals surface area contributed by atoms with Crippen molar-refractivity contribution in [2.45, 2.75) is 64.5 Å². The molecule has 1 aliphatic carbocycles. The Morgan fingerprint density at radius 3 is 2.61 bits per heavy atom. The monoisotopic (exact) mass is 389 g/mol. The third kappa shape index (κ3) is 5.44. The van der Waals surface area contributed by atoms with Crippen LogP contribution >= 0.6 is 0 Å². The maximum atomic E-state index is 12.2. The number of nitro groups is 1. The smallest absolute Gasteiger partial charge is 0.410 e. The van der Waals surface area contributed by atoms with Crippen LogP contribution in [0.2, 0.25) is 0 Å². The number of amides is 1. The minimum atomic E-state index is -0.457. The quantitative estimate of drug-likeness (QED) is 0.627. The van der Waals surface area contributed by atoms with E-state index in [0.29, 0.717) is 12.0 Å². The zero-order valence-electron chi connectivity index (χ0n) is 17.1. The van der Waals surface area contributed by atoms with E-state index in [1.807, 2.05) is 26.8 Å². The van der Waals surface area contributed by atoms with Gasteiger partial charge >= 0.3 is 6.09 Å². The minimum absolute atomic E-state index is 0.175. The Balaban J connectivity index is 1.44. The van der Waals surface area contributed by atoms with Gasteiger partial charge in [-0.15, -0.1) is 0 Å². The summed E-state index contributed by atoms with van der Waals surface area (Å²) < 4.78 is 5.45. The van der Waals surface area contributed by atoms with Crippen molar-refractivity contribution >= 4 is 11.8 Å². The lowest BCUT2D eigenvalue weighted by Crippen LogP contribution is -2.44. The Kier molecular flexibility index (Phi) is 6.23. The number of rotatable bonds is 4. The van der Waals surface area contributed by atoms with Crippen LogP contribution in [0.15, 0.2) is 18.2 Å². The van der Waals surface area contributed by atoms with Gasteiger partial charge in [-0.1, -0.05) is 6.07 Å². The fourth-order valence-electron chi connectivity index (χ4n) is 4.01. The van der Waals surface area contributed by atoms with E-state index < -0.39 is 5.60 Å². The van der Waals surface area contributed by atoms with Crippen LogP contribution in [0, 0.1) is 16.0 Å². The molecule has 1 heterocycles. The average Bonchev–Trinajstić information content (AvgIpc) is 2.64. The Morgan fingerprint density at radius 1 is 1.25 bits per heavy atom. The molecule has 2 aliphatic rings. The first-order valence-corrected chi connectivity index (χ1v) is 10.2. The lowest BCUT2D eigenvalue weighted by Gasteiger charge is -2.34. The van der Waals surface area contributed by atoms with Gasteiger partial charge in [0.15, 0.2) is 0 Å². The standard InChI is InChI=1S/C21H31N3O4/c1-21(2,3)28-20(25)23-10-8-15(9-11-23)14-22-18-6-4-16-5-7-19(24(26)27)13-17(16)12-18/h5,7,13,15,18,22H,4,6,8-12,14H2,1-3H3. The van der Waals surface area contributed by atoms with E-state index in [9.17, 15) is 14.9 Å². The van der Waals surface area contributed by atoms with Crippen LogP contribution in [0.4, 0.5) is 10.5 Å². The van der Waals surface area contributed by atoms with Gasteiger partial charge < -0.3 is 15.0 Å². The van der Waals surface area contributed by atoms with E-state index in [1.54, 1.807) is 17.0 Å². The number of aryl methyl sites for hydroxylation is 1. The van der Waals surface area contributed by atoms with Gasteiger partial charge in [0.05, 0.1) is 4.92 Å². The predicted octanol–water partition coefficient (Wildman–Crippen LogP) is 3.69. The van der Waals surface area contributed by atoms with Gasteiger partial charge in [0.2, 0.25) is 0 Å². The summed E-state index contributed by atoms with van der Waals surface area (Å²) in [6, 6.07) is 5.59.